The van der Waals surface area contributed by atoms with Crippen molar-refractivity contribution in [1.82, 2.24) is 0 Å². The molecule has 4 heteroatoms. The van der Waals surface area contributed by atoms with E-state index in [1.165, 1.54) is 12.1 Å². The van der Waals surface area contributed by atoms with Crippen molar-refractivity contribution < 1.29 is 14.6 Å². The molecule has 0 aromatic heterocycles. The van der Waals surface area contributed by atoms with E-state index in [2.05, 4.69) is 0 Å². The number of carbonyl (C=O) groups excluding carboxylic acids is 1. The van der Waals surface area contributed by atoms with Gasteiger partial charge in [0.05, 0.1) is 5.56 Å². The number of phenolic OH excluding ortho intramolecular Hbond substituents is 1. The molecule has 1 unspecified atom stereocenters. The normalized spacial score (nSPS) is 22.0. The first kappa shape index (κ1) is 11.4. The Labute approximate surface area is 98.8 Å². The Balaban J connectivity index is 2.74. The molecule has 0 bridgehead atoms. The molecule has 1 N–H and O–H groups in total. The summed E-state index contributed by atoms with van der Waals surface area (Å²) >= 11 is 0. The Morgan fingerprint density at radius 3 is 2.88 bits per heavy atom. The number of carbonyl (C=O) groups is 1. The zero-order valence-corrected chi connectivity index (χ0v) is 9.30. The minimum atomic E-state index is -1.72. The smallest absolute Gasteiger partial charge is 0.246 e. The summed E-state index contributed by atoms with van der Waals surface area (Å²) in [5, 5.41) is 19.1. The van der Waals surface area contributed by atoms with Crippen molar-refractivity contribution >= 4 is 11.9 Å². The van der Waals surface area contributed by atoms with Gasteiger partial charge < -0.3 is 9.84 Å². The second kappa shape index (κ2) is 4.04. The molecule has 86 valence electrons. The zero-order chi connectivity index (χ0) is 12.5. The van der Waals surface area contributed by atoms with E-state index in [0.717, 1.165) is 0 Å². The van der Waals surface area contributed by atoms with Gasteiger partial charge in [0.2, 0.25) is 11.4 Å². The lowest BCUT2D eigenvalue weighted by Crippen LogP contribution is -2.38. The first-order valence-electron chi connectivity index (χ1n) is 5.26. The molecule has 1 atom stereocenters. The van der Waals surface area contributed by atoms with Gasteiger partial charge in [-0.3, -0.25) is 4.79 Å². The molecule has 1 aliphatic carbocycles. The van der Waals surface area contributed by atoms with E-state index in [4.69, 9.17) is 4.74 Å². The molecule has 0 radical (unpaired) electrons. The Bertz CT molecular complexity index is 542. The molecule has 0 saturated carbocycles. The summed E-state index contributed by atoms with van der Waals surface area (Å²) in [5.41, 5.74) is -0.860. The van der Waals surface area contributed by atoms with Crippen molar-refractivity contribution in [2.45, 2.75) is 12.5 Å². The maximum absolute atomic E-state index is 11.9. The molecule has 1 aromatic carbocycles. The van der Waals surface area contributed by atoms with Crippen molar-refractivity contribution in [3.05, 3.63) is 35.4 Å². The molecule has 0 fully saturated rings. The summed E-state index contributed by atoms with van der Waals surface area (Å²) in [5.74, 6) is -0.564. The fourth-order valence-electron chi connectivity index (χ4n) is 1.99. The van der Waals surface area contributed by atoms with Crippen LogP contribution in [0.15, 0.2) is 24.3 Å². The monoisotopic (exact) mass is 229 g/mol. The fraction of sp³-hybridized carbons (Fsp3) is 0.231. The number of nitrogens with zero attached hydrogens (tertiary/aromatic N) is 1. The standard InChI is InChI=1S/C13H11NO3/c1-2-17-13(8-14)11(16)7-6-9-4-3-5-10(15)12(9)13/h3-7,15H,2H2,1H3. The van der Waals surface area contributed by atoms with Crippen LogP contribution in [-0.2, 0) is 15.1 Å². The van der Waals surface area contributed by atoms with Gasteiger partial charge in [-0.1, -0.05) is 18.2 Å². The van der Waals surface area contributed by atoms with Crippen LogP contribution in [0.5, 0.6) is 5.75 Å². The molecular formula is C13H11NO3. The lowest BCUT2D eigenvalue weighted by molar-refractivity contribution is -0.133. The van der Waals surface area contributed by atoms with E-state index in [1.54, 1.807) is 25.1 Å². The number of ketones is 1. The van der Waals surface area contributed by atoms with Gasteiger partial charge >= 0.3 is 0 Å². The maximum Gasteiger partial charge on any atom is 0.246 e. The molecular weight excluding hydrogens is 218 g/mol. The van der Waals surface area contributed by atoms with E-state index >= 15 is 0 Å². The number of fused-ring (bicyclic) bond motifs is 1. The zero-order valence-electron chi connectivity index (χ0n) is 9.30. The minimum Gasteiger partial charge on any atom is -0.507 e. The summed E-state index contributed by atoms with van der Waals surface area (Å²) < 4.78 is 5.32. The molecule has 0 spiro atoms. The van der Waals surface area contributed by atoms with Gasteiger partial charge in [-0.25, -0.2) is 0 Å². The summed E-state index contributed by atoms with van der Waals surface area (Å²) in [6.07, 6.45) is 2.88. The van der Waals surface area contributed by atoms with Crippen LogP contribution in [-0.4, -0.2) is 17.5 Å². The van der Waals surface area contributed by atoms with Crippen LogP contribution in [0.3, 0.4) is 0 Å². The van der Waals surface area contributed by atoms with E-state index in [9.17, 15) is 15.2 Å². The highest BCUT2D eigenvalue weighted by Gasteiger charge is 2.45. The number of rotatable bonds is 2. The number of benzene rings is 1. The predicted octanol–water partition coefficient (Wildman–Crippen LogP) is 1.74. The fourth-order valence-corrected chi connectivity index (χ4v) is 1.99. The van der Waals surface area contributed by atoms with E-state index in [1.807, 2.05) is 6.07 Å². The number of hydrogen-bond donors (Lipinski definition) is 1. The van der Waals surface area contributed by atoms with E-state index < -0.39 is 11.4 Å². The van der Waals surface area contributed by atoms with Gasteiger partial charge in [0.15, 0.2) is 0 Å². The second-order valence-electron chi connectivity index (χ2n) is 3.66. The number of nitriles is 1. The van der Waals surface area contributed by atoms with Crippen LogP contribution in [0.2, 0.25) is 0 Å². The molecule has 0 heterocycles. The Kier molecular flexibility index (Phi) is 2.70. The molecule has 1 aliphatic rings. The third kappa shape index (κ3) is 1.52. The third-order valence-electron chi connectivity index (χ3n) is 2.71. The predicted molar refractivity (Wildman–Crippen MR) is 61.1 cm³/mol. The molecule has 17 heavy (non-hydrogen) atoms. The summed E-state index contributed by atoms with van der Waals surface area (Å²) in [6, 6.07) is 6.70. The SMILES string of the molecule is CCOC1(C#N)C(=O)C=Cc2cccc(O)c21. The van der Waals surface area contributed by atoms with Crippen molar-refractivity contribution in [2.24, 2.45) is 0 Å². The van der Waals surface area contributed by atoms with Crippen LogP contribution in [0.25, 0.3) is 6.08 Å². The number of aromatic hydroxyl groups is 1. The minimum absolute atomic E-state index is 0.102. The molecule has 0 aliphatic heterocycles. The highest BCUT2D eigenvalue weighted by molar-refractivity contribution is 6.06. The van der Waals surface area contributed by atoms with Crippen LogP contribution >= 0.6 is 0 Å². The van der Waals surface area contributed by atoms with Gasteiger partial charge in [-0.2, -0.15) is 5.26 Å². The molecule has 2 rings (SSSR count). The van der Waals surface area contributed by atoms with Crippen molar-refractivity contribution in [3.63, 3.8) is 0 Å². The lowest BCUT2D eigenvalue weighted by Gasteiger charge is -2.28. The van der Waals surface area contributed by atoms with Gasteiger partial charge in [0.25, 0.3) is 0 Å². The average Bonchev–Trinajstić information content (AvgIpc) is 2.33. The summed E-state index contributed by atoms with van der Waals surface area (Å²) in [6.45, 7) is 1.91. The van der Waals surface area contributed by atoms with Gasteiger partial charge in [-0.15, -0.1) is 0 Å². The first-order valence-corrected chi connectivity index (χ1v) is 5.26. The van der Waals surface area contributed by atoms with Crippen LogP contribution in [0.4, 0.5) is 0 Å². The topological polar surface area (TPSA) is 70.3 Å². The molecule has 1 aromatic rings. The second-order valence-corrected chi connectivity index (χ2v) is 3.66. The quantitative estimate of drug-likeness (QED) is 0.838. The number of phenols is 1. The summed E-state index contributed by atoms with van der Waals surface area (Å²) in [7, 11) is 0. The number of hydrogen-bond acceptors (Lipinski definition) is 4. The van der Waals surface area contributed by atoms with Gasteiger partial charge in [-0.05, 0) is 24.6 Å². The van der Waals surface area contributed by atoms with Crippen molar-refractivity contribution in [1.29, 1.82) is 5.26 Å². The average molecular weight is 229 g/mol. The first-order chi connectivity index (χ1) is 8.15. The molecule has 4 nitrogen and oxygen atoms in total. The Hall–Kier alpha value is -2.12. The van der Waals surface area contributed by atoms with E-state index in [-0.39, 0.29) is 17.9 Å². The molecule has 0 saturated heterocycles. The van der Waals surface area contributed by atoms with Crippen LogP contribution in [0.1, 0.15) is 18.1 Å². The highest BCUT2D eigenvalue weighted by Crippen LogP contribution is 2.39. The Morgan fingerprint density at radius 1 is 1.47 bits per heavy atom. The van der Waals surface area contributed by atoms with Gasteiger partial charge in [0, 0.05) is 6.61 Å². The van der Waals surface area contributed by atoms with Gasteiger partial charge in [0.1, 0.15) is 11.8 Å². The Morgan fingerprint density at radius 2 is 2.24 bits per heavy atom. The number of ether oxygens (including phenoxy) is 1. The highest BCUT2D eigenvalue weighted by atomic mass is 16.5. The largest absolute Gasteiger partial charge is 0.507 e. The maximum atomic E-state index is 11.9. The van der Waals surface area contributed by atoms with Crippen molar-refractivity contribution in [2.75, 3.05) is 6.61 Å². The molecule has 0 amide bonds. The lowest BCUT2D eigenvalue weighted by atomic mass is 9.82. The summed E-state index contributed by atoms with van der Waals surface area (Å²) in [4.78, 5) is 11.9. The van der Waals surface area contributed by atoms with Crippen LogP contribution in [0, 0.1) is 11.3 Å². The van der Waals surface area contributed by atoms with Crippen LogP contribution < -0.4 is 0 Å². The third-order valence-corrected chi connectivity index (χ3v) is 2.71. The van der Waals surface area contributed by atoms with E-state index in [0.29, 0.717) is 5.56 Å². The van der Waals surface area contributed by atoms with Crippen molar-refractivity contribution in [3.8, 4) is 11.8 Å².